The first-order valence-electron chi connectivity index (χ1n) is 7.38. The summed E-state index contributed by atoms with van der Waals surface area (Å²) >= 11 is 3.55. The van der Waals surface area contributed by atoms with Gasteiger partial charge in [-0.25, -0.2) is 0 Å². The minimum Gasteiger partial charge on any atom is -0.381 e. The van der Waals surface area contributed by atoms with Crippen LogP contribution in [-0.2, 0) is 4.74 Å². The van der Waals surface area contributed by atoms with Crippen LogP contribution in [-0.4, -0.2) is 25.8 Å². The maximum Gasteiger partial charge on any atom is 0.0495 e. The quantitative estimate of drug-likeness (QED) is 0.891. The highest BCUT2D eigenvalue weighted by molar-refractivity contribution is 9.10. The fourth-order valence-corrected chi connectivity index (χ4v) is 3.54. The Kier molecular flexibility index (Phi) is 4.57. The minimum atomic E-state index is 0.728. The minimum absolute atomic E-state index is 0.728. The first-order valence-corrected chi connectivity index (χ1v) is 8.17. The van der Waals surface area contributed by atoms with Crippen LogP contribution < -0.4 is 5.32 Å². The van der Waals surface area contributed by atoms with Crippen molar-refractivity contribution in [1.82, 2.24) is 5.32 Å². The number of benzene rings is 1. The lowest BCUT2D eigenvalue weighted by molar-refractivity contribution is 0.183. The third-order valence-electron chi connectivity index (χ3n) is 4.47. The van der Waals surface area contributed by atoms with Crippen LogP contribution in [0.25, 0.3) is 0 Å². The largest absolute Gasteiger partial charge is 0.381 e. The third-order valence-corrected chi connectivity index (χ3v) is 4.96. The van der Waals surface area contributed by atoms with Gasteiger partial charge in [0.15, 0.2) is 0 Å². The molecular formula is C16H22BrNO. The number of rotatable bonds is 5. The van der Waals surface area contributed by atoms with Crippen LogP contribution in [0, 0.1) is 5.92 Å². The highest BCUT2D eigenvalue weighted by Crippen LogP contribution is 2.37. The van der Waals surface area contributed by atoms with Crippen LogP contribution in [0.5, 0.6) is 0 Å². The van der Waals surface area contributed by atoms with Crippen molar-refractivity contribution in [2.75, 3.05) is 19.8 Å². The molecule has 3 rings (SSSR count). The molecule has 0 bridgehead atoms. The summed E-state index contributed by atoms with van der Waals surface area (Å²) in [6, 6.07) is 9.48. The highest BCUT2D eigenvalue weighted by Gasteiger charge is 2.30. The molecule has 1 aliphatic heterocycles. The molecule has 2 fully saturated rings. The van der Waals surface area contributed by atoms with E-state index < -0.39 is 0 Å². The summed E-state index contributed by atoms with van der Waals surface area (Å²) in [4.78, 5) is 0. The van der Waals surface area contributed by atoms with Gasteiger partial charge in [-0.3, -0.25) is 0 Å². The van der Waals surface area contributed by atoms with E-state index in [-0.39, 0.29) is 0 Å². The summed E-state index contributed by atoms with van der Waals surface area (Å²) in [5, 5.41) is 3.69. The molecule has 3 heteroatoms. The number of ether oxygens (including phenoxy) is 1. The van der Waals surface area contributed by atoms with Gasteiger partial charge in [-0.2, -0.15) is 0 Å². The van der Waals surface area contributed by atoms with Gasteiger partial charge in [0.05, 0.1) is 0 Å². The Hall–Kier alpha value is -0.380. The van der Waals surface area contributed by atoms with Gasteiger partial charge in [-0.15, -0.1) is 0 Å². The summed E-state index contributed by atoms with van der Waals surface area (Å²) in [5.74, 6) is 1.55. The Morgan fingerprint density at radius 2 is 2.21 bits per heavy atom. The molecule has 2 aliphatic rings. The lowest BCUT2D eigenvalue weighted by atomic mass is 9.76. The summed E-state index contributed by atoms with van der Waals surface area (Å²) in [6.45, 7) is 3.11. The van der Waals surface area contributed by atoms with Gasteiger partial charge >= 0.3 is 0 Å². The maximum atomic E-state index is 5.41. The van der Waals surface area contributed by atoms with Crippen molar-refractivity contribution in [1.29, 1.82) is 0 Å². The van der Waals surface area contributed by atoms with Crippen LogP contribution in [0.2, 0.25) is 0 Å². The molecule has 104 valence electrons. The molecule has 0 aromatic heterocycles. The lowest BCUT2D eigenvalue weighted by Crippen LogP contribution is -2.40. The van der Waals surface area contributed by atoms with Gasteiger partial charge in [0.25, 0.3) is 0 Å². The van der Waals surface area contributed by atoms with Crippen LogP contribution in [0.1, 0.15) is 37.2 Å². The molecule has 1 atom stereocenters. The molecule has 1 saturated carbocycles. The van der Waals surface area contributed by atoms with E-state index in [1.165, 1.54) is 35.7 Å². The van der Waals surface area contributed by atoms with Gasteiger partial charge in [-0.05, 0) is 61.8 Å². The van der Waals surface area contributed by atoms with Crippen molar-refractivity contribution in [3.05, 3.63) is 34.3 Å². The second-order valence-corrected chi connectivity index (χ2v) is 6.81. The van der Waals surface area contributed by atoms with E-state index in [0.29, 0.717) is 0 Å². The molecule has 0 spiro atoms. The van der Waals surface area contributed by atoms with E-state index in [1.807, 2.05) is 0 Å². The number of hydrogen-bond donors (Lipinski definition) is 1. The smallest absolute Gasteiger partial charge is 0.0495 e. The Bertz CT molecular complexity index is 411. The van der Waals surface area contributed by atoms with Crippen LogP contribution in [0.15, 0.2) is 28.7 Å². The molecule has 0 amide bonds. The van der Waals surface area contributed by atoms with E-state index in [0.717, 1.165) is 37.6 Å². The first-order chi connectivity index (χ1) is 9.31. The monoisotopic (exact) mass is 323 g/mol. The van der Waals surface area contributed by atoms with Gasteiger partial charge in [0.1, 0.15) is 0 Å². The summed E-state index contributed by atoms with van der Waals surface area (Å²) in [6.07, 6.45) is 5.11. The molecule has 0 radical (unpaired) electrons. The van der Waals surface area contributed by atoms with E-state index in [4.69, 9.17) is 4.74 Å². The average Bonchev–Trinajstić information content (AvgIpc) is 2.85. The number of halogens is 1. The molecule has 1 saturated heterocycles. The molecule has 1 aromatic rings. The molecule has 1 N–H and O–H groups in total. The Labute approximate surface area is 124 Å². The highest BCUT2D eigenvalue weighted by atomic mass is 79.9. The van der Waals surface area contributed by atoms with Gasteiger partial charge < -0.3 is 10.1 Å². The third kappa shape index (κ3) is 3.59. The zero-order valence-corrected chi connectivity index (χ0v) is 12.9. The molecular weight excluding hydrogens is 302 g/mol. The van der Waals surface area contributed by atoms with E-state index in [1.54, 1.807) is 0 Å². The fraction of sp³-hybridized carbons (Fsp3) is 0.625. The molecule has 2 nitrogen and oxygen atoms in total. The topological polar surface area (TPSA) is 21.3 Å². The summed E-state index contributed by atoms with van der Waals surface area (Å²) in [7, 11) is 0. The summed E-state index contributed by atoms with van der Waals surface area (Å²) in [5.41, 5.74) is 1.48. The lowest BCUT2D eigenvalue weighted by Gasteiger charge is -2.36. The SMILES string of the molecule is Brc1cccc(C2CC(NCCC3CCOC3)C2)c1. The van der Waals surface area contributed by atoms with Crippen molar-refractivity contribution < 1.29 is 4.74 Å². The second-order valence-electron chi connectivity index (χ2n) is 5.89. The average molecular weight is 324 g/mol. The van der Waals surface area contributed by atoms with Crippen molar-refractivity contribution in [2.45, 2.75) is 37.6 Å². The van der Waals surface area contributed by atoms with Gasteiger partial charge in [0.2, 0.25) is 0 Å². The van der Waals surface area contributed by atoms with E-state index in [9.17, 15) is 0 Å². The van der Waals surface area contributed by atoms with Crippen molar-refractivity contribution in [3.8, 4) is 0 Å². The molecule has 1 heterocycles. The van der Waals surface area contributed by atoms with Crippen LogP contribution in [0.4, 0.5) is 0 Å². The van der Waals surface area contributed by atoms with Gasteiger partial charge in [0, 0.05) is 23.7 Å². The molecule has 1 aromatic carbocycles. The number of hydrogen-bond acceptors (Lipinski definition) is 2. The Morgan fingerprint density at radius 3 is 2.95 bits per heavy atom. The van der Waals surface area contributed by atoms with Gasteiger partial charge in [-0.1, -0.05) is 28.1 Å². The van der Waals surface area contributed by atoms with E-state index >= 15 is 0 Å². The predicted molar refractivity (Wildman–Crippen MR) is 81.5 cm³/mol. The fourth-order valence-electron chi connectivity index (χ4n) is 3.12. The predicted octanol–water partition coefficient (Wildman–Crippen LogP) is 3.71. The molecule has 1 aliphatic carbocycles. The Balaban J connectivity index is 1.36. The van der Waals surface area contributed by atoms with Crippen molar-refractivity contribution in [2.24, 2.45) is 5.92 Å². The normalized spacial score (nSPS) is 30.3. The standard InChI is InChI=1S/C16H22BrNO/c17-15-3-1-2-13(8-15)14-9-16(10-14)18-6-4-12-5-7-19-11-12/h1-3,8,12,14,16,18H,4-7,9-11H2. The van der Waals surface area contributed by atoms with Crippen molar-refractivity contribution >= 4 is 15.9 Å². The maximum absolute atomic E-state index is 5.41. The Morgan fingerprint density at radius 1 is 1.32 bits per heavy atom. The molecule has 19 heavy (non-hydrogen) atoms. The zero-order chi connectivity index (χ0) is 13.1. The first kappa shape index (κ1) is 13.6. The van der Waals surface area contributed by atoms with Crippen LogP contribution >= 0.6 is 15.9 Å². The summed E-state index contributed by atoms with van der Waals surface area (Å²) < 4.78 is 6.61. The second kappa shape index (κ2) is 6.38. The zero-order valence-electron chi connectivity index (χ0n) is 11.3. The van der Waals surface area contributed by atoms with Crippen LogP contribution in [0.3, 0.4) is 0 Å². The van der Waals surface area contributed by atoms with E-state index in [2.05, 4.69) is 45.5 Å². The molecule has 1 unspecified atom stereocenters. The number of nitrogens with one attached hydrogen (secondary N) is 1. The van der Waals surface area contributed by atoms with Crippen molar-refractivity contribution in [3.63, 3.8) is 0 Å².